The molecule has 4 rings (SSSR count). The van der Waals surface area contributed by atoms with Crippen LogP contribution in [0, 0.1) is 11.8 Å². The van der Waals surface area contributed by atoms with Crippen LogP contribution in [0.1, 0.15) is 64.2 Å². The van der Waals surface area contributed by atoms with Crippen molar-refractivity contribution in [3.8, 4) is 0 Å². The van der Waals surface area contributed by atoms with E-state index in [1.54, 1.807) is 0 Å². The molecule has 4 heteroatoms. The molecule has 2 aliphatic rings. The Kier molecular flexibility index (Phi) is 5.94. The summed E-state index contributed by atoms with van der Waals surface area (Å²) in [6.45, 7) is 0. The van der Waals surface area contributed by atoms with Gasteiger partial charge in [-0.3, -0.25) is 9.59 Å². The van der Waals surface area contributed by atoms with Crippen molar-refractivity contribution in [3.05, 3.63) is 36.4 Å². The first-order valence-corrected chi connectivity index (χ1v) is 10.8. The van der Waals surface area contributed by atoms with Crippen LogP contribution in [0.15, 0.2) is 36.4 Å². The lowest BCUT2D eigenvalue weighted by Gasteiger charge is -2.21. The molecule has 0 radical (unpaired) electrons. The van der Waals surface area contributed by atoms with E-state index in [2.05, 4.69) is 10.6 Å². The fraction of sp³-hybridized carbons (Fsp3) is 0.500. The summed E-state index contributed by atoms with van der Waals surface area (Å²) in [5.74, 6) is 0.606. The van der Waals surface area contributed by atoms with E-state index in [0.29, 0.717) is 0 Å². The fourth-order valence-electron chi connectivity index (χ4n) is 4.62. The van der Waals surface area contributed by atoms with Gasteiger partial charge in [0.25, 0.3) is 0 Å². The largest absolute Gasteiger partial charge is 0.326 e. The van der Waals surface area contributed by atoms with Crippen LogP contribution in [0.3, 0.4) is 0 Å². The lowest BCUT2D eigenvalue weighted by Crippen LogP contribution is -2.24. The maximum atomic E-state index is 12.5. The van der Waals surface area contributed by atoms with Crippen LogP contribution in [-0.4, -0.2) is 11.8 Å². The number of benzene rings is 2. The van der Waals surface area contributed by atoms with Gasteiger partial charge in [-0.2, -0.15) is 0 Å². The number of anilines is 2. The average Bonchev–Trinajstić information content (AvgIpc) is 2.75. The first-order chi connectivity index (χ1) is 13.7. The van der Waals surface area contributed by atoms with Crippen molar-refractivity contribution in [2.45, 2.75) is 64.2 Å². The van der Waals surface area contributed by atoms with Crippen LogP contribution in [0.2, 0.25) is 0 Å². The molecule has 0 aromatic heterocycles. The molecule has 2 N–H and O–H groups in total. The molecular formula is C24H30N2O2. The molecule has 2 aliphatic carbocycles. The van der Waals surface area contributed by atoms with Crippen LogP contribution in [0.4, 0.5) is 11.4 Å². The number of amides is 2. The van der Waals surface area contributed by atoms with E-state index < -0.39 is 0 Å². The summed E-state index contributed by atoms with van der Waals surface area (Å²) in [6, 6.07) is 12.0. The molecule has 148 valence electrons. The Bertz CT molecular complexity index is 778. The van der Waals surface area contributed by atoms with Gasteiger partial charge in [0.1, 0.15) is 0 Å². The molecule has 0 saturated heterocycles. The molecule has 0 unspecified atom stereocenters. The highest BCUT2D eigenvalue weighted by molar-refractivity contribution is 5.98. The number of rotatable bonds is 4. The third-order valence-electron chi connectivity index (χ3n) is 6.33. The van der Waals surface area contributed by atoms with Crippen molar-refractivity contribution in [2.24, 2.45) is 11.8 Å². The fourth-order valence-corrected chi connectivity index (χ4v) is 4.62. The quantitative estimate of drug-likeness (QED) is 0.698. The van der Waals surface area contributed by atoms with Gasteiger partial charge in [0, 0.05) is 23.2 Å². The predicted molar refractivity (Wildman–Crippen MR) is 114 cm³/mol. The zero-order valence-electron chi connectivity index (χ0n) is 16.5. The van der Waals surface area contributed by atoms with Crippen molar-refractivity contribution < 1.29 is 9.59 Å². The molecular weight excluding hydrogens is 348 g/mol. The summed E-state index contributed by atoms with van der Waals surface area (Å²) < 4.78 is 0. The number of carbonyl (C=O) groups is 2. The molecule has 2 aromatic carbocycles. The molecule has 2 aromatic rings. The molecule has 2 amide bonds. The highest BCUT2D eigenvalue weighted by Gasteiger charge is 2.22. The van der Waals surface area contributed by atoms with Crippen LogP contribution in [-0.2, 0) is 9.59 Å². The number of hydrogen-bond donors (Lipinski definition) is 2. The maximum absolute atomic E-state index is 12.5. The summed E-state index contributed by atoms with van der Waals surface area (Å²) in [5, 5.41) is 8.30. The molecule has 0 spiro atoms. The number of nitrogens with one attached hydrogen (secondary N) is 2. The van der Waals surface area contributed by atoms with E-state index in [4.69, 9.17) is 0 Å². The zero-order chi connectivity index (χ0) is 19.3. The average molecular weight is 379 g/mol. The highest BCUT2D eigenvalue weighted by atomic mass is 16.2. The van der Waals surface area contributed by atoms with Gasteiger partial charge < -0.3 is 10.6 Å². The van der Waals surface area contributed by atoms with Crippen LogP contribution in [0.5, 0.6) is 0 Å². The Balaban J connectivity index is 1.42. The van der Waals surface area contributed by atoms with E-state index in [1.807, 2.05) is 36.4 Å². The van der Waals surface area contributed by atoms with Gasteiger partial charge in [0.05, 0.1) is 0 Å². The monoisotopic (exact) mass is 378 g/mol. The van der Waals surface area contributed by atoms with E-state index in [0.717, 1.165) is 73.5 Å². The Morgan fingerprint density at radius 3 is 1.39 bits per heavy atom. The van der Waals surface area contributed by atoms with Crippen molar-refractivity contribution in [3.63, 3.8) is 0 Å². The highest BCUT2D eigenvalue weighted by Crippen LogP contribution is 2.28. The van der Waals surface area contributed by atoms with Gasteiger partial charge in [-0.05, 0) is 60.7 Å². The molecule has 0 bridgehead atoms. The van der Waals surface area contributed by atoms with Crippen LogP contribution in [0.25, 0.3) is 10.8 Å². The predicted octanol–water partition coefficient (Wildman–Crippen LogP) is 5.88. The Morgan fingerprint density at radius 2 is 1.00 bits per heavy atom. The summed E-state index contributed by atoms with van der Waals surface area (Å²) >= 11 is 0. The van der Waals surface area contributed by atoms with Crippen LogP contribution < -0.4 is 10.6 Å². The summed E-state index contributed by atoms with van der Waals surface area (Å²) in [4.78, 5) is 24.9. The Morgan fingerprint density at radius 1 is 0.607 bits per heavy atom. The van der Waals surface area contributed by atoms with E-state index >= 15 is 0 Å². The minimum absolute atomic E-state index is 0.149. The molecule has 2 saturated carbocycles. The number of carbonyl (C=O) groups excluding carboxylic acids is 2. The molecule has 0 atom stereocenters. The lowest BCUT2D eigenvalue weighted by atomic mass is 9.88. The summed E-state index contributed by atoms with van der Waals surface area (Å²) in [5.41, 5.74) is 1.70. The second kappa shape index (κ2) is 8.76. The third kappa shape index (κ3) is 4.54. The van der Waals surface area contributed by atoms with Crippen molar-refractivity contribution >= 4 is 34.0 Å². The second-order valence-corrected chi connectivity index (χ2v) is 8.43. The Hall–Kier alpha value is -2.36. The van der Waals surface area contributed by atoms with Gasteiger partial charge >= 0.3 is 0 Å². The van der Waals surface area contributed by atoms with Crippen molar-refractivity contribution in [1.29, 1.82) is 0 Å². The lowest BCUT2D eigenvalue weighted by molar-refractivity contribution is -0.121. The molecule has 0 heterocycles. The van der Waals surface area contributed by atoms with Crippen molar-refractivity contribution in [1.82, 2.24) is 0 Å². The number of fused-ring (bicyclic) bond motifs is 1. The van der Waals surface area contributed by atoms with Gasteiger partial charge in [-0.1, -0.05) is 50.7 Å². The number of hydrogen-bond acceptors (Lipinski definition) is 2. The molecule has 2 fully saturated rings. The zero-order valence-corrected chi connectivity index (χ0v) is 16.5. The summed E-state index contributed by atoms with van der Waals surface area (Å²) in [6.07, 6.45) is 11.1. The van der Waals surface area contributed by atoms with E-state index in [1.165, 1.54) is 12.8 Å². The third-order valence-corrected chi connectivity index (χ3v) is 6.33. The smallest absolute Gasteiger partial charge is 0.227 e. The minimum Gasteiger partial charge on any atom is -0.326 e. The minimum atomic E-state index is 0.149. The SMILES string of the molecule is O=C(Nc1ccc2cc(NC(=O)C3CCCCC3)ccc2c1)C1CCCCC1. The normalized spacial score (nSPS) is 18.7. The second-order valence-electron chi connectivity index (χ2n) is 8.43. The van der Waals surface area contributed by atoms with E-state index in [-0.39, 0.29) is 23.7 Å². The van der Waals surface area contributed by atoms with Gasteiger partial charge in [0.15, 0.2) is 0 Å². The van der Waals surface area contributed by atoms with E-state index in [9.17, 15) is 9.59 Å². The molecule has 4 nitrogen and oxygen atoms in total. The molecule has 0 aliphatic heterocycles. The summed E-state index contributed by atoms with van der Waals surface area (Å²) in [7, 11) is 0. The Labute approximate surface area is 167 Å². The molecule has 28 heavy (non-hydrogen) atoms. The standard InChI is InChI=1S/C24H30N2O2/c27-23(17-7-3-1-4-8-17)25-21-13-11-20-16-22(14-12-19(20)15-21)26-24(28)18-9-5-2-6-10-18/h11-18H,1-10H2,(H,25,27)(H,26,28). The van der Waals surface area contributed by atoms with Crippen molar-refractivity contribution in [2.75, 3.05) is 10.6 Å². The topological polar surface area (TPSA) is 58.2 Å². The van der Waals surface area contributed by atoms with Gasteiger partial charge in [-0.15, -0.1) is 0 Å². The van der Waals surface area contributed by atoms with Gasteiger partial charge in [-0.25, -0.2) is 0 Å². The maximum Gasteiger partial charge on any atom is 0.227 e. The van der Waals surface area contributed by atoms with Crippen LogP contribution >= 0.6 is 0 Å². The first kappa shape index (κ1) is 19.0. The van der Waals surface area contributed by atoms with Gasteiger partial charge in [0.2, 0.25) is 11.8 Å². The first-order valence-electron chi connectivity index (χ1n) is 10.8.